The molecule has 0 aliphatic carbocycles. The molecular weight excluding hydrogens is 459 g/mol. The van der Waals surface area contributed by atoms with E-state index in [0.717, 1.165) is 0 Å². The molecule has 1 fully saturated rings. The van der Waals surface area contributed by atoms with Crippen molar-refractivity contribution in [3.8, 4) is 0 Å². The van der Waals surface area contributed by atoms with Crippen molar-refractivity contribution < 1.29 is 28.6 Å². The summed E-state index contributed by atoms with van der Waals surface area (Å²) in [6.07, 6.45) is -0.821. The number of nitrogens with one attached hydrogen (secondary N) is 1. The Balaban J connectivity index is 2.41. The van der Waals surface area contributed by atoms with Crippen LogP contribution < -0.4 is 5.32 Å². The summed E-state index contributed by atoms with van der Waals surface area (Å²) in [5, 5.41) is 3.61. The highest BCUT2D eigenvalue weighted by Gasteiger charge is 2.54. The molecule has 178 valence electrons. The fourth-order valence-corrected chi connectivity index (χ4v) is 3.93. The molecular formula is C22H30Cl2N2O6. The number of ether oxygens (including phenoxy) is 3. The fourth-order valence-electron chi connectivity index (χ4n) is 3.56. The summed E-state index contributed by atoms with van der Waals surface area (Å²) in [5.41, 5.74) is -1.60. The van der Waals surface area contributed by atoms with Gasteiger partial charge in [-0.2, -0.15) is 0 Å². The first-order chi connectivity index (χ1) is 14.9. The minimum atomic E-state index is -1.50. The van der Waals surface area contributed by atoms with Crippen LogP contribution in [0, 0.1) is 0 Å². The van der Waals surface area contributed by atoms with Gasteiger partial charge in [0.15, 0.2) is 5.54 Å². The van der Waals surface area contributed by atoms with Crippen LogP contribution in [0.2, 0.25) is 10.0 Å². The van der Waals surface area contributed by atoms with E-state index in [0.29, 0.717) is 15.6 Å². The average molecular weight is 489 g/mol. The van der Waals surface area contributed by atoms with Gasteiger partial charge < -0.3 is 19.5 Å². The van der Waals surface area contributed by atoms with Crippen LogP contribution in [0.3, 0.4) is 0 Å². The number of hydrogen-bond acceptors (Lipinski definition) is 7. The number of hydrogen-bond donors (Lipinski definition) is 1. The topological polar surface area (TPSA) is 94.2 Å². The van der Waals surface area contributed by atoms with Crippen LogP contribution in [0.15, 0.2) is 18.2 Å². The highest BCUT2D eigenvalue weighted by atomic mass is 35.5. The molecule has 1 aromatic rings. The van der Waals surface area contributed by atoms with Crippen molar-refractivity contribution in [2.75, 3.05) is 19.8 Å². The standard InChI is InChI=1S/C22H30Cl2N2O6/c1-6-30-18(27)17-11-22(19(28)31-7-2,25-20(29)32-21(3,4)5)13-26(17)12-14-10-15(23)8-9-16(14)24/h8-10,17H,6-7,11-13H2,1-5H3,(H,25,29). The molecule has 1 N–H and O–H groups in total. The first-order valence-electron chi connectivity index (χ1n) is 10.4. The van der Waals surface area contributed by atoms with E-state index in [1.165, 1.54) is 0 Å². The van der Waals surface area contributed by atoms with Gasteiger partial charge in [-0.15, -0.1) is 0 Å². The summed E-state index contributed by atoms with van der Waals surface area (Å²) in [6, 6.07) is 4.20. The number of alkyl carbamates (subject to hydrolysis) is 1. The quantitative estimate of drug-likeness (QED) is 0.458. The van der Waals surface area contributed by atoms with Gasteiger partial charge in [-0.05, 0) is 58.4 Å². The summed E-state index contributed by atoms with van der Waals surface area (Å²) in [4.78, 5) is 40.1. The first kappa shape index (κ1) is 26.2. The molecule has 1 aromatic carbocycles. The van der Waals surface area contributed by atoms with Gasteiger partial charge >= 0.3 is 18.0 Å². The third-order valence-electron chi connectivity index (χ3n) is 4.80. The third kappa shape index (κ3) is 6.73. The minimum absolute atomic E-state index is 0.00258. The molecule has 0 bridgehead atoms. The second-order valence-electron chi connectivity index (χ2n) is 8.54. The van der Waals surface area contributed by atoms with Gasteiger partial charge in [-0.1, -0.05) is 23.2 Å². The van der Waals surface area contributed by atoms with Crippen molar-refractivity contribution in [3.63, 3.8) is 0 Å². The molecule has 1 heterocycles. The fraction of sp³-hybridized carbons (Fsp3) is 0.591. The van der Waals surface area contributed by atoms with Crippen molar-refractivity contribution in [2.24, 2.45) is 0 Å². The summed E-state index contributed by atoms with van der Waals surface area (Å²) < 4.78 is 15.8. The van der Waals surface area contributed by atoms with Crippen molar-refractivity contribution in [2.45, 2.75) is 64.8 Å². The molecule has 32 heavy (non-hydrogen) atoms. The maximum Gasteiger partial charge on any atom is 0.408 e. The van der Waals surface area contributed by atoms with Crippen LogP contribution in [-0.4, -0.2) is 59.9 Å². The number of likely N-dealkylation sites (tertiary alicyclic amines) is 1. The van der Waals surface area contributed by atoms with E-state index in [1.807, 2.05) is 0 Å². The molecule has 0 saturated carbocycles. The molecule has 1 saturated heterocycles. The molecule has 1 aliphatic heterocycles. The van der Waals surface area contributed by atoms with E-state index in [1.54, 1.807) is 57.7 Å². The van der Waals surface area contributed by atoms with Gasteiger partial charge in [0.1, 0.15) is 11.6 Å². The number of rotatable bonds is 7. The van der Waals surface area contributed by atoms with Crippen LogP contribution >= 0.6 is 23.2 Å². The van der Waals surface area contributed by atoms with Crippen molar-refractivity contribution >= 4 is 41.2 Å². The SMILES string of the molecule is CCOC(=O)C1CC(NC(=O)OC(C)(C)C)(C(=O)OCC)CN1Cc1cc(Cl)ccc1Cl. The van der Waals surface area contributed by atoms with Crippen LogP contribution in [-0.2, 0) is 30.3 Å². The third-order valence-corrected chi connectivity index (χ3v) is 5.41. The molecule has 2 rings (SSSR count). The van der Waals surface area contributed by atoms with Gasteiger partial charge in [0.05, 0.1) is 13.2 Å². The molecule has 10 heteroatoms. The minimum Gasteiger partial charge on any atom is -0.465 e. The number of carbonyl (C=O) groups is 3. The predicted octanol–water partition coefficient (Wildman–Crippen LogP) is 3.96. The number of halogens is 2. The zero-order valence-electron chi connectivity index (χ0n) is 19.0. The Labute approximate surface area is 198 Å². The molecule has 2 unspecified atom stereocenters. The van der Waals surface area contributed by atoms with E-state index in [2.05, 4.69) is 5.32 Å². The van der Waals surface area contributed by atoms with E-state index in [9.17, 15) is 14.4 Å². The average Bonchev–Trinajstić information content (AvgIpc) is 3.03. The molecule has 0 spiro atoms. The normalized spacial score (nSPS) is 21.2. The molecule has 1 aliphatic rings. The number of carbonyl (C=O) groups excluding carboxylic acids is 3. The Morgan fingerprint density at radius 1 is 1.16 bits per heavy atom. The first-order valence-corrected chi connectivity index (χ1v) is 11.2. The lowest BCUT2D eigenvalue weighted by atomic mass is 9.96. The largest absolute Gasteiger partial charge is 0.465 e. The Kier molecular flexibility index (Phi) is 8.79. The lowest BCUT2D eigenvalue weighted by molar-refractivity contribution is -0.150. The van der Waals surface area contributed by atoms with E-state index >= 15 is 0 Å². The lowest BCUT2D eigenvalue weighted by Crippen LogP contribution is -2.57. The molecule has 1 amide bonds. The van der Waals surface area contributed by atoms with Crippen molar-refractivity contribution in [3.05, 3.63) is 33.8 Å². The summed E-state index contributed by atoms with van der Waals surface area (Å²) in [5.74, 6) is -1.16. The number of amides is 1. The Morgan fingerprint density at radius 3 is 2.41 bits per heavy atom. The Morgan fingerprint density at radius 2 is 1.81 bits per heavy atom. The molecule has 0 radical (unpaired) electrons. The smallest absolute Gasteiger partial charge is 0.408 e. The van der Waals surface area contributed by atoms with Crippen LogP contribution in [0.1, 0.15) is 46.6 Å². The monoisotopic (exact) mass is 488 g/mol. The molecule has 8 nitrogen and oxygen atoms in total. The van der Waals surface area contributed by atoms with Crippen LogP contribution in [0.4, 0.5) is 4.79 Å². The number of benzene rings is 1. The molecule has 0 aromatic heterocycles. The van der Waals surface area contributed by atoms with Crippen molar-refractivity contribution in [1.29, 1.82) is 0 Å². The van der Waals surface area contributed by atoms with E-state index in [4.69, 9.17) is 37.4 Å². The Bertz CT molecular complexity index is 857. The van der Waals surface area contributed by atoms with Gasteiger partial charge in [-0.25, -0.2) is 9.59 Å². The summed E-state index contributed by atoms with van der Waals surface area (Å²) in [7, 11) is 0. The highest BCUT2D eigenvalue weighted by Crippen LogP contribution is 2.33. The highest BCUT2D eigenvalue weighted by molar-refractivity contribution is 6.33. The maximum atomic E-state index is 13.0. The van der Waals surface area contributed by atoms with Crippen LogP contribution in [0.5, 0.6) is 0 Å². The van der Waals surface area contributed by atoms with Gasteiger partial charge in [0.25, 0.3) is 0 Å². The molecule has 2 atom stereocenters. The van der Waals surface area contributed by atoms with Crippen molar-refractivity contribution in [1.82, 2.24) is 10.2 Å². The zero-order valence-corrected chi connectivity index (χ0v) is 20.5. The summed E-state index contributed by atoms with van der Waals surface area (Å²) in [6.45, 7) is 9.00. The van der Waals surface area contributed by atoms with Crippen LogP contribution in [0.25, 0.3) is 0 Å². The van der Waals surface area contributed by atoms with Gasteiger partial charge in [0, 0.05) is 29.6 Å². The maximum absolute atomic E-state index is 13.0. The predicted molar refractivity (Wildman–Crippen MR) is 121 cm³/mol. The zero-order chi connectivity index (χ0) is 24.1. The van der Waals surface area contributed by atoms with E-state index < -0.39 is 35.2 Å². The van der Waals surface area contributed by atoms with Gasteiger partial charge in [-0.3, -0.25) is 9.69 Å². The summed E-state index contributed by atoms with van der Waals surface area (Å²) >= 11 is 12.4. The lowest BCUT2D eigenvalue weighted by Gasteiger charge is -2.30. The second kappa shape index (κ2) is 10.7. The van der Waals surface area contributed by atoms with Gasteiger partial charge in [0.2, 0.25) is 0 Å². The second-order valence-corrected chi connectivity index (χ2v) is 9.39. The number of nitrogens with zero attached hydrogens (tertiary/aromatic N) is 1. The number of esters is 2. The Hall–Kier alpha value is -2.03. The van der Waals surface area contributed by atoms with E-state index in [-0.39, 0.29) is 32.7 Å².